The van der Waals surface area contributed by atoms with Crippen LogP contribution in [0.5, 0.6) is 0 Å². The molecule has 0 radical (unpaired) electrons. The van der Waals surface area contributed by atoms with E-state index in [4.69, 9.17) is 5.84 Å². The Labute approximate surface area is 146 Å². The molecule has 0 spiro atoms. The quantitative estimate of drug-likeness (QED) is 0.581. The SMILES string of the molecule is Cc1ccc(-c2sc3c(c2C(=O)O)CC(C)(C)CC3)c(CNN)c1. The fourth-order valence-corrected chi connectivity index (χ4v) is 4.91. The lowest BCUT2D eigenvalue weighted by Gasteiger charge is -2.29. The second-order valence-corrected chi connectivity index (χ2v) is 8.50. The number of hydrazine groups is 1. The molecule has 0 saturated carbocycles. The predicted octanol–water partition coefficient (Wildman–Crippen LogP) is 3.90. The number of hydrogen-bond donors (Lipinski definition) is 3. The van der Waals surface area contributed by atoms with Gasteiger partial charge in [0.1, 0.15) is 0 Å². The molecule has 3 rings (SSSR count). The van der Waals surface area contributed by atoms with Crippen LogP contribution in [-0.4, -0.2) is 11.1 Å². The van der Waals surface area contributed by atoms with Gasteiger partial charge in [-0.15, -0.1) is 11.3 Å². The first-order valence-electron chi connectivity index (χ1n) is 8.23. The molecule has 2 aromatic rings. The zero-order valence-electron chi connectivity index (χ0n) is 14.4. The van der Waals surface area contributed by atoms with Crippen LogP contribution in [0.4, 0.5) is 0 Å². The first-order chi connectivity index (χ1) is 11.3. The van der Waals surface area contributed by atoms with Crippen molar-refractivity contribution < 1.29 is 9.90 Å². The highest BCUT2D eigenvalue weighted by molar-refractivity contribution is 7.16. The second-order valence-electron chi connectivity index (χ2n) is 7.40. The lowest BCUT2D eigenvalue weighted by Crippen LogP contribution is -2.22. The number of carbonyl (C=O) groups is 1. The van der Waals surface area contributed by atoms with Crippen molar-refractivity contribution in [2.45, 2.75) is 46.6 Å². The minimum absolute atomic E-state index is 0.157. The van der Waals surface area contributed by atoms with E-state index >= 15 is 0 Å². The van der Waals surface area contributed by atoms with Gasteiger partial charge in [0.05, 0.1) is 5.56 Å². The molecule has 0 unspecified atom stereocenters. The molecule has 0 fully saturated rings. The van der Waals surface area contributed by atoms with Crippen molar-refractivity contribution >= 4 is 17.3 Å². The number of benzene rings is 1. The summed E-state index contributed by atoms with van der Waals surface area (Å²) in [7, 11) is 0. The monoisotopic (exact) mass is 344 g/mol. The summed E-state index contributed by atoms with van der Waals surface area (Å²) in [6.45, 7) is 6.98. The summed E-state index contributed by atoms with van der Waals surface area (Å²) in [4.78, 5) is 14.1. The fourth-order valence-electron chi connectivity index (χ4n) is 3.54. The van der Waals surface area contributed by atoms with E-state index in [-0.39, 0.29) is 5.41 Å². The van der Waals surface area contributed by atoms with Crippen molar-refractivity contribution in [1.82, 2.24) is 5.43 Å². The van der Waals surface area contributed by atoms with Gasteiger partial charge >= 0.3 is 5.97 Å². The van der Waals surface area contributed by atoms with Gasteiger partial charge in [-0.3, -0.25) is 11.3 Å². The van der Waals surface area contributed by atoms with Crippen LogP contribution >= 0.6 is 11.3 Å². The van der Waals surface area contributed by atoms with Crippen LogP contribution in [0.1, 0.15) is 52.2 Å². The smallest absolute Gasteiger partial charge is 0.337 e. The molecular formula is C19H24N2O2S. The fraction of sp³-hybridized carbons (Fsp3) is 0.421. The van der Waals surface area contributed by atoms with E-state index in [0.29, 0.717) is 12.1 Å². The standard InChI is InChI=1S/C19H24N2O2S/c1-11-4-5-13(12(8-11)10-21-20)17-16(18(22)23)14-9-19(2,3)7-6-15(14)24-17/h4-5,8,21H,6-7,9-10,20H2,1-3H3,(H,22,23). The Kier molecular flexibility index (Phi) is 4.51. The summed E-state index contributed by atoms with van der Waals surface area (Å²) in [6, 6.07) is 6.13. The Morgan fingerprint density at radius 1 is 1.42 bits per heavy atom. The van der Waals surface area contributed by atoms with Gasteiger partial charge in [0.2, 0.25) is 0 Å². The number of carboxylic acid groups (broad SMARTS) is 1. The van der Waals surface area contributed by atoms with E-state index in [0.717, 1.165) is 46.4 Å². The average molecular weight is 344 g/mol. The lowest BCUT2D eigenvalue weighted by molar-refractivity contribution is 0.0696. The normalized spacial score (nSPS) is 16.0. The topological polar surface area (TPSA) is 75.3 Å². The molecule has 1 aromatic carbocycles. The van der Waals surface area contributed by atoms with Gasteiger partial charge in [0.15, 0.2) is 0 Å². The highest BCUT2D eigenvalue weighted by Gasteiger charge is 2.33. The van der Waals surface area contributed by atoms with E-state index in [1.807, 2.05) is 19.1 Å². The Bertz CT molecular complexity index is 793. The van der Waals surface area contributed by atoms with Crippen LogP contribution in [-0.2, 0) is 19.4 Å². The van der Waals surface area contributed by atoms with Crippen molar-refractivity contribution in [2.24, 2.45) is 11.3 Å². The number of aromatic carboxylic acids is 1. The molecule has 5 heteroatoms. The van der Waals surface area contributed by atoms with Crippen molar-refractivity contribution in [3.05, 3.63) is 45.3 Å². The van der Waals surface area contributed by atoms with Crippen LogP contribution in [0.25, 0.3) is 10.4 Å². The van der Waals surface area contributed by atoms with Crippen LogP contribution in [0.3, 0.4) is 0 Å². The minimum Gasteiger partial charge on any atom is -0.478 e. The third kappa shape index (κ3) is 3.11. The van der Waals surface area contributed by atoms with Gasteiger partial charge in [0.25, 0.3) is 0 Å². The van der Waals surface area contributed by atoms with E-state index < -0.39 is 5.97 Å². The molecule has 4 nitrogen and oxygen atoms in total. The lowest BCUT2D eigenvalue weighted by atomic mass is 9.76. The van der Waals surface area contributed by atoms with Gasteiger partial charge in [-0.1, -0.05) is 37.6 Å². The van der Waals surface area contributed by atoms with Gasteiger partial charge in [-0.2, -0.15) is 0 Å². The van der Waals surface area contributed by atoms with E-state index in [1.165, 1.54) is 4.88 Å². The summed E-state index contributed by atoms with van der Waals surface area (Å²) < 4.78 is 0. The number of nitrogens with one attached hydrogen (secondary N) is 1. The predicted molar refractivity (Wildman–Crippen MR) is 98.3 cm³/mol. The maximum absolute atomic E-state index is 12.0. The number of hydrogen-bond acceptors (Lipinski definition) is 4. The molecule has 4 N–H and O–H groups in total. The van der Waals surface area contributed by atoms with Crippen LogP contribution in [0.2, 0.25) is 0 Å². The number of fused-ring (bicyclic) bond motifs is 1. The Balaban J connectivity index is 2.20. The molecule has 1 aromatic heterocycles. The maximum Gasteiger partial charge on any atom is 0.337 e. The minimum atomic E-state index is -0.826. The number of rotatable bonds is 4. The summed E-state index contributed by atoms with van der Waals surface area (Å²) in [5.74, 6) is 4.70. The molecule has 128 valence electrons. The Morgan fingerprint density at radius 3 is 2.83 bits per heavy atom. The number of aryl methyl sites for hydroxylation is 2. The van der Waals surface area contributed by atoms with E-state index in [2.05, 4.69) is 25.3 Å². The molecule has 1 aliphatic carbocycles. The molecule has 24 heavy (non-hydrogen) atoms. The summed E-state index contributed by atoms with van der Waals surface area (Å²) >= 11 is 1.64. The zero-order valence-corrected chi connectivity index (χ0v) is 15.2. The molecule has 0 amide bonds. The molecule has 0 aliphatic heterocycles. The number of nitrogens with two attached hydrogens (primary N) is 1. The molecule has 0 atom stereocenters. The first kappa shape index (κ1) is 17.1. The second kappa shape index (κ2) is 6.31. The third-order valence-electron chi connectivity index (χ3n) is 4.79. The number of thiophene rings is 1. The third-order valence-corrected chi connectivity index (χ3v) is 6.11. The first-order valence-corrected chi connectivity index (χ1v) is 9.05. The molecule has 1 heterocycles. The average Bonchev–Trinajstić information content (AvgIpc) is 2.84. The zero-order chi connectivity index (χ0) is 17.5. The van der Waals surface area contributed by atoms with Crippen LogP contribution < -0.4 is 11.3 Å². The molecule has 1 aliphatic rings. The van der Waals surface area contributed by atoms with Crippen molar-refractivity contribution in [3.63, 3.8) is 0 Å². The number of carboxylic acids is 1. The Morgan fingerprint density at radius 2 is 2.17 bits per heavy atom. The van der Waals surface area contributed by atoms with Crippen molar-refractivity contribution in [3.8, 4) is 10.4 Å². The Hall–Kier alpha value is -1.69. The molecule has 0 bridgehead atoms. The summed E-state index contributed by atoms with van der Waals surface area (Å²) in [6.07, 6.45) is 2.89. The van der Waals surface area contributed by atoms with Gasteiger partial charge in [0, 0.05) is 16.3 Å². The van der Waals surface area contributed by atoms with Crippen LogP contribution in [0.15, 0.2) is 18.2 Å². The van der Waals surface area contributed by atoms with Gasteiger partial charge in [-0.05, 0) is 48.3 Å². The molecular weight excluding hydrogens is 320 g/mol. The van der Waals surface area contributed by atoms with Crippen molar-refractivity contribution in [1.29, 1.82) is 0 Å². The van der Waals surface area contributed by atoms with E-state index in [9.17, 15) is 9.90 Å². The largest absolute Gasteiger partial charge is 0.478 e. The summed E-state index contributed by atoms with van der Waals surface area (Å²) in [5, 5.41) is 9.88. The van der Waals surface area contributed by atoms with Gasteiger partial charge < -0.3 is 5.11 Å². The highest BCUT2D eigenvalue weighted by Crippen LogP contribution is 2.45. The van der Waals surface area contributed by atoms with E-state index in [1.54, 1.807) is 11.3 Å². The van der Waals surface area contributed by atoms with Crippen molar-refractivity contribution in [2.75, 3.05) is 0 Å². The van der Waals surface area contributed by atoms with Crippen LogP contribution in [0, 0.1) is 12.3 Å². The highest BCUT2D eigenvalue weighted by atomic mass is 32.1. The summed E-state index contributed by atoms with van der Waals surface area (Å²) in [5.41, 5.74) is 7.54. The van der Waals surface area contributed by atoms with Gasteiger partial charge in [-0.25, -0.2) is 4.79 Å². The molecule has 0 saturated heterocycles. The maximum atomic E-state index is 12.0.